The van der Waals surface area contributed by atoms with E-state index in [0.717, 1.165) is 33.8 Å². The van der Waals surface area contributed by atoms with Crippen LogP contribution >= 0.6 is 0 Å². The molecule has 0 aliphatic carbocycles. The van der Waals surface area contributed by atoms with Gasteiger partial charge in [-0.1, -0.05) is 72.8 Å². The van der Waals surface area contributed by atoms with Crippen LogP contribution in [-0.4, -0.2) is 17.3 Å². The van der Waals surface area contributed by atoms with E-state index in [1.165, 1.54) is 6.92 Å². The second-order valence-electron chi connectivity index (χ2n) is 6.13. The first kappa shape index (κ1) is 18.3. The van der Waals surface area contributed by atoms with Crippen molar-refractivity contribution in [2.45, 2.75) is 13.8 Å². The lowest BCUT2D eigenvalue weighted by atomic mass is 10.0. The molecule has 3 rings (SSSR count). The lowest BCUT2D eigenvalue weighted by Gasteiger charge is -2.07. The minimum Gasteiger partial charge on any atom is -0.326 e. The number of rotatable bonds is 5. The average Bonchev–Trinajstić information content (AvgIpc) is 2.69. The van der Waals surface area contributed by atoms with Crippen molar-refractivity contribution < 1.29 is 4.79 Å². The molecule has 27 heavy (non-hydrogen) atoms. The quantitative estimate of drug-likeness (QED) is 0.513. The monoisotopic (exact) mass is 355 g/mol. The van der Waals surface area contributed by atoms with Crippen molar-refractivity contribution in [2.75, 3.05) is 5.32 Å². The maximum absolute atomic E-state index is 11.3. The number of benzene rings is 3. The fraction of sp³-hybridized carbons (Fsp3) is 0.0870. The largest absolute Gasteiger partial charge is 0.326 e. The molecule has 0 heterocycles. The highest BCUT2D eigenvalue weighted by Gasteiger charge is 2.07. The molecule has 0 spiro atoms. The summed E-state index contributed by atoms with van der Waals surface area (Å²) in [5, 5.41) is 11.8. The van der Waals surface area contributed by atoms with Gasteiger partial charge in [-0.05, 0) is 24.6 Å². The van der Waals surface area contributed by atoms with Crippen LogP contribution in [0.3, 0.4) is 0 Å². The van der Waals surface area contributed by atoms with E-state index in [2.05, 4.69) is 15.5 Å². The molecule has 0 radical (unpaired) electrons. The molecule has 4 nitrogen and oxygen atoms in total. The van der Waals surface area contributed by atoms with Crippen LogP contribution in [0.25, 0.3) is 0 Å². The molecular weight excluding hydrogens is 334 g/mol. The molecule has 0 saturated carbocycles. The summed E-state index contributed by atoms with van der Waals surface area (Å²) in [6.45, 7) is 3.40. The van der Waals surface area contributed by atoms with Gasteiger partial charge in [-0.2, -0.15) is 5.10 Å². The molecular formula is C23H21N3O. The standard InChI is InChI=1S/C23H21N3O/c1-17(21-14-9-15-22(16-21)24-18(2)27)25-26-23(19-10-5-3-6-11-19)20-12-7-4-8-13-20/h3-16H,1-2H3,(H,24,27)/b25-17-. The fourth-order valence-electron chi connectivity index (χ4n) is 2.68. The number of hydrogen-bond donors (Lipinski definition) is 1. The van der Waals surface area contributed by atoms with E-state index in [0.29, 0.717) is 0 Å². The Kier molecular flexibility index (Phi) is 5.90. The van der Waals surface area contributed by atoms with Crippen LogP contribution in [0.2, 0.25) is 0 Å². The summed E-state index contributed by atoms with van der Waals surface area (Å²) in [4.78, 5) is 11.3. The Bertz CT molecular complexity index is 935. The Morgan fingerprint density at radius 1 is 0.704 bits per heavy atom. The van der Waals surface area contributed by atoms with Crippen LogP contribution in [0, 0.1) is 0 Å². The maximum Gasteiger partial charge on any atom is 0.221 e. The molecule has 3 aromatic rings. The Morgan fingerprint density at radius 2 is 1.26 bits per heavy atom. The second-order valence-corrected chi connectivity index (χ2v) is 6.13. The molecule has 0 unspecified atom stereocenters. The van der Waals surface area contributed by atoms with Crippen molar-refractivity contribution in [3.8, 4) is 0 Å². The van der Waals surface area contributed by atoms with E-state index in [4.69, 9.17) is 0 Å². The molecule has 0 aliphatic rings. The van der Waals surface area contributed by atoms with E-state index in [1.54, 1.807) is 0 Å². The first-order valence-corrected chi connectivity index (χ1v) is 8.74. The zero-order chi connectivity index (χ0) is 19.1. The Balaban J connectivity index is 1.97. The van der Waals surface area contributed by atoms with Crippen molar-refractivity contribution in [3.63, 3.8) is 0 Å². The van der Waals surface area contributed by atoms with Gasteiger partial charge in [0.05, 0.1) is 5.71 Å². The fourth-order valence-corrected chi connectivity index (χ4v) is 2.68. The van der Waals surface area contributed by atoms with Gasteiger partial charge < -0.3 is 5.32 Å². The number of carbonyl (C=O) groups excluding carboxylic acids is 1. The van der Waals surface area contributed by atoms with E-state index >= 15 is 0 Å². The number of anilines is 1. The molecule has 1 amide bonds. The van der Waals surface area contributed by atoms with Gasteiger partial charge in [-0.15, -0.1) is 5.10 Å². The second kappa shape index (κ2) is 8.72. The lowest BCUT2D eigenvalue weighted by Crippen LogP contribution is -2.07. The van der Waals surface area contributed by atoms with E-state index in [9.17, 15) is 4.79 Å². The number of hydrogen-bond acceptors (Lipinski definition) is 3. The van der Waals surface area contributed by atoms with Gasteiger partial charge in [0, 0.05) is 23.7 Å². The van der Waals surface area contributed by atoms with Gasteiger partial charge in [0.15, 0.2) is 0 Å². The van der Waals surface area contributed by atoms with Crippen LogP contribution in [0.4, 0.5) is 5.69 Å². The third kappa shape index (κ3) is 4.98. The SMILES string of the molecule is CC(=O)Nc1cccc(/C(C)=N\N=C(c2ccccc2)c2ccccc2)c1. The summed E-state index contributed by atoms with van der Waals surface area (Å²) in [7, 11) is 0. The molecule has 0 fully saturated rings. The van der Waals surface area contributed by atoms with Gasteiger partial charge in [-0.25, -0.2) is 0 Å². The Hall–Kier alpha value is -3.53. The van der Waals surface area contributed by atoms with Crippen molar-refractivity contribution in [2.24, 2.45) is 10.2 Å². The number of nitrogens with zero attached hydrogens (tertiary/aromatic N) is 2. The molecule has 0 saturated heterocycles. The Morgan fingerprint density at radius 3 is 1.81 bits per heavy atom. The summed E-state index contributed by atoms with van der Waals surface area (Å²) >= 11 is 0. The summed E-state index contributed by atoms with van der Waals surface area (Å²) in [6, 6.07) is 27.6. The molecule has 0 atom stereocenters. The van der Waals surface area contributed by atoms with Gasteiger partial charge in [-0.3, -0.25) is 4.79 Å². The minimum atomic E-state index is -0.102. The maximum atomic E-state index is 11.3. The molecule has 0 bridgehead atoms. The predicted octanol–water partition coefficient (Wildman–Crippen LogP) is 4.91. The molecule has 1 N–H and O–H groups in total. The third-order valence-corrected chi connectivity index (χ3v) is 4.00. The van der Waals surface area contributed by atoms with Crippen molar-refractivity contribution in [1.29, 1.82) is 0 Å². The number of carbonyl (C=O) groups is 1. The topological polar surface area (TPSA) is 53.8 Å². The van der Waals surface area contributed by atoms with Crippen molar-refractivity contribution in [3.05, 3.63) is 102 Å². The highest BCUT2D eigenvalue weighted by molar-refractivity contribution is 6.13. The number of nitrogens with one attached hydrogen (secondary N) is 1. The minimum absolute atomic E-state index is 0.102. The normalized spacial score (nSPS) is 11.0. The van der Waals surface area contributed by atoms with Crippen molar-refractivity contribution >= 4 is 23.0 Å². The summed E-state index contributed by atoms with van der Waals surface area (Å²) in [5.41, 5.74) is 5.25. The van der Waals surface area contributed by atoms with Gasteiger partial charge in [0.1, 0.15) is 5.71 Å². The molecule has 134 valence electrons. The van der Waals surface area contributed by atoms with Crippen LogP contribution in [-0.2, 0) is 4.79 Å². The van der Waals surface area contributed by atoms with Crippen LogP contribution in [0.5, 0.6) is 0 Å². The highest BCUT2D eigenvalue weighted by Crippen LogP contribution is 2.14. The van der Waals surface area contributed by atoms with E-state index in [-0.39, 0.29) is 5.91 Å². The zero-order valence-electron chi connectivity index (χ0n) is 15.4. The predicted molar refractivity (Wildman–Crippen MR) is 111 cm³/mol. The van der Waals surface area contributed by atoms with Crippen molar-refractivity contribution in [1.82, 2.24) is 0 Å². The molecule has 3 aromatic carbocycles. The lowest BCUT2D eigenvalue weighted by molar-refractivity contribution is -0.114. The van der Waals surface area contributed by atoms with Gasteiger partial charge >= 0.3 is 0 Å². The van der Waals surface area contributed by atoms with Crippen LogP contribution in [0.15, 0.2) is 95.1 Å². The number of amides is 1. The summed E-state index contributed by atoms with van der Waals surface area (Å²) < 4.78 is 0. The Labute approximate surface area is 159 Å². The summed E-state index contributed by atoms with van der Waals surface area (Å²) in [6.07, 6.45) is 0. The van der Waals surface area contributed by atoms with Crippen LogP contribution < -0.4 is 5.32 Å². The smallest absolute Gasteiger partial charge is 0.221 e. The molecule has 4 heteroatoms. The molecule has 0 aliphatic heterocycles. The van der Waals surface area contributed by atoms with Gasteiger partial charge in [0.25, 0.3) is 0 Å². The highest BCUT2D eigenvalue weighted by atomic mass is 16.1. The van der Waals surface area contributed by atoms with E-state index < -0.39 is 0 Å². The van der Waals surface area contributed by atoms with Gasteiger partial charge in [0.2, 0.25) is 5.91 Å². The first-order valence-electron chi connectivity index (χ1n) is 8.74. The third-order valence-electron chi connectivity index (χ3n) is 4.00. The zero-order valence-corrected chi connectivity index (χ0v) is 15.4. The average molecular weight is 355 g/mol. The first-order chi connectivity index (χ1) is 13.1. The van der Waals surface area contributed by atoms with Crippen LogP contribution in [0.1, 0.15) is 30.5 Å². The molecule has 0 aromatic heterocycles. The summed E-state index contributed by atoms with van der Waals surface area (Å²) in [5.74, 6) is -0.102. The van der Waals surface area contributed by atoms with E-state index in [1.807, 2.05) is 91.9 Å².